The fourth-order valence-corrected chi connectivity index (χ4v) is 2.46. The largest absolute Gasteiger partial charge is 0.546 e. The van der Waals surface area contributed by atoms with Crippen molar-refractivity contribution in [2.24, 2.45) is 0 Å². The molecule has 3 aromatic rings. The third kappa shape index (κ3) is 3.59. The Hall–Kier alpha value is -3.54. The zero-order valence-corrected chi connectivity index (χ0v) is 14.1. The summed E-state index contributed by atoms with van der Waals surface area (Å²) in [7, 11) is 0. The van der Waals surface area contributed by atoms with Gasteiger partial charge in [-0.25, -0.2) is 4.68 Å². The Morgan fingerprint density at radius 2 is 1.85 bits per heavy atom. The highest BCUT2D eigenvalue weighted by Crippen LogP contribution is 2.14. The molecule has 0 saturated carbocycles. The van der Waals surface area contributed by atoms with Crippen molar-refractivity contribution in [1.82, 2.24) is 9.78 Å². The van der Waals surface area contributed by atoms with Crippen LogP contribution in [-0.4, -0.2) is 21.9 Å². The lowest BCUT2D eigenvalue weighted by Crippen LogP contribution is -2.37. The molecule has 0 amide bonds. The second-order valence-electron chi connectivity index (χ2n) is 5.77. The van der Waals surface area contributed by atoms with Crippen molar-refractivity contribution in [3.63, 3.8) is 0 Å². The summed E-state index contributed by atoms with van der Waals surface area (Å²) in [6.07, 6.45) is 0.672. The maximum atomic E-state index is 12.6. The number of nitrogens with zero attached hydrogens (tertiary/aromatic N) is 1. The molecule has 1 heterocycles. The van der Waals surface area contributed by atoms with Crippen molar-refractivity contribution in [3.8, 4) is 11.4 Å². The van der Waals surface area contributed by atoms with E-state index in [1.807, 2.05) is 30.3 Å². The van der Waals surface area contributed by atoms with E-state index in [0.717, 1.165) is 11.3 Å². The average molecular weight is 349 g/mol. The molecule has 0 radical (unpaired) electrons. The lowest BCUT2D eigenvalue weighted by molar-refractivity contribution is -0.312. The molecule has 0 aliphatic heterocycles. The first-order chi connectivity index (χ1) is 12.5. The summed E-state index contributed by atoms with van der Waals surface area (Å²) in [5.74, 6) is -0.874. The maximum absolute atomic E-state index is 12.6. The van der Waals surface area contributed by atoms with Gasteiger partial charge in [0.05, 0.1) is 22.2 Å². The number of hydrogen-bond donors (Lipinski definition) is 1. The van der Waals surface area contributed by atoms with Gasteiger partial charge in [0, 0.05) is 0 Å². The summed E-state index contributed by atoms with van der Waals surface area (Å²) in [5, 5.41) is 14.6. The average Bonchev–Trinajstić information content (AvgIpc) is 2.92. The molecule has 0 bridgehead atoms. The van der Waals surface area contributed by atoms with Crippen LogP contribution in [0.15, 0.2) is 59.4 Å². The molecule has 0 aliphatic carbocycles. The van der Waals surface area contributed by atoms with Crippen molar-refractivity contribution < 1.29 is 14.6 Å². The number of rotatable bonds is 5. The monoisotopic (exact) mass is 349 g/mol. The second-order valence-corrected chi connectivity index (χ2v) is 5.77. The van der Waals surface area contributed by atoms with E-state index in [0.29, 0.717) is 16.3 Å². The minimum absolute atomic E-state index is 0.202. The van der Waals surface area contributed by atoms with Crippen LogP contribution in [0.1, 0.15) is 12.5 Å². The number of carboxylic acids is 1. The van der Waals surface area contributed by atoms with E-state index in [-0.39, 0.29) is 5.56 Å². The summed E-state index contributed by atoms with van der Waals surface area (Å²) in [6.45, 7) is 5.29. The van der Waals surface area contributed by atoms with Gasteiger partial charge in [0.15, 0.2) is 0 Å². The number of ether oxygens (including phenoxy) is 1. The van der Waals surface area contributed by atoms with Crippen LogP contribution in [0.3, 0.4) is 0 Å². The highest BCUT2D eigenvalue weighted by Gasteiger charge is 2.06. The van der Waals surface area contributed by atoms with E-state index >= 15 is 0 Å². The van der Waals surface area contributed by atoms with E-state index in [1.54, 1.807) is 30.3 Å². The maximum Gasteiger partial charge on any atom is 0.279 e. The van der Waals surface area contributed by atoms with Crippen LogP contribution in [0.25, 0.3) is 18.3 Å². The smallest absolute Gasteiger partial charge is 0.279 e. The van der Waals surface area contributed by atoms with Crippen molar-refractivity contribution in [2.45, 2.75) is 13.0 Å². The Morgan fingerprint density at radius 1 is 1.19 bits per heavy atom. The van der Waals surface area contributed by atoms with Gasteiger partial charge in [0.25, 0.3) is 5.56 Å². The number of carboxylic acid groups (broad SMARTS) is 1. The van der Waals surface area contributed by atoms with Crippen molar-refractivity contribution in [1.29, 1.82) is 0 Å². The molecular weight excluding hydrogens is 332 g/mol. The number of hydrogen-bond acceptors (Lipinski definition) is 4. The first-order valence-corrected chi connectivity index (χ1v) is 8.00. The van der Waals surface area contributed by atoms with Gasteiger partial charge in [0.1, 0.15) is 11.9 Å². The van der Waals surface area contributed by atoms with E-state index in [1.165, 1.54) is 11.6 Å². The molecule has 1 aromatic heterocycles. The van der Waals surface area contributed by atoms with Crippen LogP contribution >= 0.6 is 0 Å². The molecule has 0 aliphatic rings. The minimum Gasteiger partial charge on any atom is -0.546 e. The van der Waals surface area contributed by atoms with Crippen LogP contribution in [-0.2, 0) is 4.79 Å². The topological polar surface area (TPSA) is 87.2 Å². The summed E-state index contributed by atoms with van der Waals surface area (Å²) in [5.41, 5.74) is 1.29. The van der Waals surface area contributed by atoms with Gasteiger partial charge in [-0.15, -0.1) is 0 Å². The van der Waals surface area contributed by atoms with Crippen LogP contribution in [0, 0.1) is 0 Å². The normalized spacial score (nSPS) is 12.7. The second kappa shape index (κ2) is 7.14. The number of benzene rings is 2. The lowest BCUT2D eigenvalue weighted by Gasteiger charge is -2.15. The molecule has 26 heavy (non-hydrogen) atoms. The molecule has 0 spiro atoms. The standard InChI is InChI=1S/C20H18N2O4/c1-13-18(19(23)22(21-13)16-6-4-3-5-7-16)12-15-8-10-17(11-9-15)26-14(2)20(24)25/h3-12,14,21H,1H2,2H3,(H,24,25)/p-1/b18-12-/t14-/m0/s1. The summed E-state index contributed by atoms with van der Waals surface area (Å²) in [4.78, 5) is 23.4. The highest BCUT2D eigenvalue weighted by atomic mass is 16.5. The van der Waals surface area contributed by atoms with Crippen LogP contribution in [0.5, 0.6) is 5.75 Å². The number of nitrogens with one attached hydrogen (secondary N) is 1. The Balaban J connectivity index is 1.94. The van der Waals surface area contributed by atoms with Crippen LogP contribution in [0.4, 0.5) is 0 Å². The first-order valence-electron chi connectivity index (χ1n) is 8.00. The van der Waals surface area contributed by atoms with E-state index in [9.17, 15) is 14.7 Å². The van der Waals surface area contributed by atoms with Gasteiger partial charge in [-0.3, -0.25) is 9.89 Å². The number of carbonyl (C=O) groups is 1. The molecule has 0 saturated heterocycles. The summed E-state index contributed by atoms with van der Waals surface area (Å²) < 4.78 is 6.67. The molecule has 0 fully saturated rings. The van der Waals surface area contributed by atoms with Gasteiger partial charge in [-0.05, 0) is 42.8 Å². The third-order valence-corrected chi connectivity index (χ3v) is 3.86. The van der Waals surface area contributed by atoms with E-state index in [4.69, 9.17) is 4.74 Å². The fourth-order valence-electron chi connectivity index (χ4n) is 2.46. The van der Waals surface area contributed by atoms with E-state index in [2.05, 4.69) is 11.7 Å². The van der Waals surface area contributed by atoms with Gasteiger partial charge >= 0.3 is 0 Å². The number of aliphatic carboxylic acids is 1. The van der Waals surface area contributed by atoms with Crippen molar-refractivity contribution in [3.05, 3.63) is 81.1 Å². The molecule has 3 rings (SSSR count). The Morgan fingerprint density at radius 3 is 2.46 bits per heavy atom. The molecule has 2 aromatic carbocycles. The van der Waals surface area contributed by atoms with Gasteiger partial charge in [-0.2, -0.15) is 0 Å². The molecule has 132 valence electrons. The number of aromatic amines is 1. The third-order valence-electron chi connectivity index (χ3n) is 3.86. The van der Waals surface area contributed by atoms with Crippen LogP contribution in [0.2, 0.25) is 0 Å². The lowest BCUT2D eigenvalue weighted by atomic mass is 10.2. The first kappa shape index (κ1) is 17.3. The zero-order chi connectivity index (χ0) is 18.7. The minimum atomic E-state index is -1.28. The Bertz CT molecular complexity index is 1080. The molecular formula is C20H17N2O4-. The zero-order valence-electron chi connectivity index (χ0n) is 14.1. The summed E-state index contributed by atoms with van der Waals surface area (Å²) >= 11 is 0. The highest BCUT2D eigenvalue weighted by molar-refractivity contribution is 5.69. The molecule has 6 nitrogen and oxygen atoms in total. The predicted molar refractivity (Wildman–Crippen MR) is 96.3 cm³/mol. The Labute approximate surface area is 149 Å². The molecule has 1 N–H and O–H groups in total. The summed E-state index contributed by atoms with van der Waals surface area (Å²) in [6, 6.07) is 16.0. The number of H-pyrrole nitrogens is 1. The molecule has 1 atom stereocenters. The van der Waals surface area contributed by atoms with E-state index < -0.39 is 12.1 Å². The van der Waals surface area contributed by atoms with Crippen LogP contribution < -0.4 is 26.0 Å². The SMILES string of the molecule is C=c1[nH]n(-c2ccccc2)c(=O)/c1=C\c1ccc(O[C@@H](C)C(=O)[O-])cc1. The quantitative estimate of drug-likeness (QED) is 0.698. The molecule has 6 heteroatoms. The predicted octanol–water partition coefficient (Wildman–Crippen LogP) is -0.0781. The number of carbonyl (C=O) groups excluding carboxylic acids is 1. The fraction of sp³-hybridized carbons (Fsp3) is 0.100. The molecule has 0 unspecified atom stereocenters. The number of aromatic nitrogens is 2. The van der Waals surface area contributed by atoms with Crippen molar-refractivity contribution >= 4 is 18.6 Å². The van der Waals surface area contributed by atoms with Gasteiger partial charge in [-0.1, -0.05) is 36.9 Å². The van der Waals surface area contributed by atoms with Crippen molar-refractivity contribution in [2.75, 3.05) is 0 Å². The van der Waals surface area contributed by atoms with Gasteiger partial charge < -0.3 is 14.6 Å². The van der Waals surface area contributed by atoms with Gasteiger partial charge in [0.2, 0.25) is 0 Å². The Kier molecular flexibility index (Phi) is 4.75. The number of para-hydroxylation sites is 1.